The molecule has 0 radical (unpaired) electrons. The first-order valence-electron chi connectivity index (χ1n) is 7.17. The van der Waals surface area contributed by atoms with Crippen molar-refractivity contribution >= 4 is 22.5 Å². The van der Waals surface area contributed by atoms with Crippen LogP contribution in [0.25, 0.3) is 10.9 Å². The molecule has 0 spiro atoms. The summed E-state index contributed by atoms with van der Waals surface area (Å²) in [4.78, 5) is 17.9. The molecule has 0 N–H and O–H groups in total. The Bertz CT molecular complexity index is 761. The van der Waals surface area contributed by atoms with Crippen LogP contribution in [-0.4, -0.2) is 9.55 Å². The predicted octanol–water partition coefficient (Wildman–Crippen LogP) is 4.41. The second-order valence-electron chi connectivity index (χ2n) is 7.56. The van der Waals surface area contributed by atoms with Crippen LogP contribution in [0.1, 0.15) is 52.9 Å². The molecule has 1 aromatic carbocycles. The number of hydrogen-bond donors (Lipinski definition) is 0. The van der Waals surface area contributed by atoms with E-state index >= 15 is 0 Å². The summed E-state index contributed by atoms with van der Waals surface area (Å²) >= 11 is 6.18. The van der Waals surface area contributed by atoms with Crippen molar-refractivity contribution in [3.05, 3.63) is 38.9 Å². The van der Waals surface area contributed by atoms with Crippen LogP contribution in [-0.2, 0) is 11.0 Å². The highest BCUT2D eigenvalue weighted by molar-refractivity contribution is 6.32. The Labute approximate surface area is 131 Å². The molecule has 0 atom stereocenters. The highest BCUT2D eigenvalue weighted by Gasteiger charge is 2.28. The topological polar surface area (TPSA) is 34.9 Å². The van der Waals surface area contributed by atoms with Gasteiger partial charge in [0.2, 0.25) is 0 Å². The Morgan fingerprint density at radius 3 is 2.14 bits per heavy atom. The van der Waals surface area contributed by atoms with E-state index < -0.39 is 0 Å². The van der Waals surface area contributed by atoms with Crippen LogP contribution in [0, 0.1) is 6.92 Å². The minimum absolute atomic E-state index is 0.0163. The summed E-state index contributed by atoms with van der Waals surface area (Å²) in [6.07, 6.45) is 0. The van der Waals surface area contributed by atoms with Crippen molar-refractivity contribution in [1.82, 2.24) is 9.55 Å². The first kappa shape index (κ1) is 16.0. The summed E-state index contributed by atoms with van der Waals surface area (Å²) in [6.45, 7) is 14.2. The summed E-state index contributed by atoms with van der Waals surface area (Å²) in [5.74, 6) is 0.800. The molecule has 1 heterocycles. The van der Waals surface area contributed by atoms with E-state index in [9.17, 15) is 4.79 Å². The quantitative estimate of drug-likeness (QED) is 0.722. The molecule has 0 aliphatic rings. The van der Waals surface area contributed by atoms with Crippen LogP contribution < -0.4 is 5.56 Å². The predicted molar refractivity (Wildman–Crippen MR) is 89.4 cm³/mol. The van der Waals surface area contributed by atoms with E-state index in [4.69, 9.17) is 16.6 Å². The number of nitrogens with zero attached hydrogens (tertiary/aromatic N) is 2. The molecule has 0 saturated heterocycles. The highest BCUT2D eigenvalue weighted by Crippen LogP contribution is 2.28. The molecule has 0 fully saturated rings. The van der Waals surface area contributed by atoms with E-state index in [1.165, 1.54) is 0 Å². The van der Waals surface area contributed by atoms with Gasteiger partial charge in [0.1, 0.15) is 5.82 Å². The number of aromatic nitrogens is 2. The largest absolute Gasteiger partial charge is 0.290 e. The van der Waals surface area contributed by atoms with Gasteiger partial charge in [-0.15, -0.1) is 0 Å². The molecule has 0 bridgehead atoms. The molecular weight excluding hydrogens is 284 g/mol. The SMILES string of the molecule is Cc1c(Cl)ccc2nc(C(C)(C)C)n(C(C)(C)C)c(=O)c12. The van der Waals surface area contributed by atoms with E-state index in [0.29, 0.717) is 15.9 Å². The van der Waals surface area contributed by atoms with Crippen LogP contribution in [0.15, 0.2) is 16.9 Å². The van der Waals surface area contributed by atoms with E-state index in [1.54, 1.807) is 10.6 Å². The summed E-state index contributed by atoms with van der Waals surface area (Å²) < 4.78 is 1.80. The number of rotatable bonds is 0. The van der Waals surface area contributed by atoms with Gasteiger partial charge in [0.05, 0.1) is 10.9 Å². The smallest absolute Gasteiger partial charge is 0.262 e. The minimum Gasteiger partial charge on any atom is -0.290 e. The molecule has 0 amide bonds. The maximum Gasteiger partial charge on any atom is 0.262 e. The van der Waals surface area contributed by atoms with Crippen LogP contribution in [0.5, 0.6) is 0 Å². The Hall–Kier alpha value is -1.35. The molecule has 4 heteroatoms. The number of benzene rings is 1. The van der Waals surface area contributed by atoms with Gasteiger partial charge < -0.3 is 0 Å². The van der Waals surface area contributed by atoms with E-state index in [0.717, 1.165) is 11.4 Å². The number of aryl methyl sites for hydroxylation is 1. The lowest BCUT2D eigenvalue weighted by Crippen LogP contribution is -2.41. The zero-order chi connectivity index (χ0) is 16.2. The third kappa shape index (κ3) is 2.71. The molecule has 1 aromatic heterocycles. The van der Waals surface area contributed by atoms with Crippen molar-refractivity contribution in [3.8, 4) is 0 Å². The Balaban J connectivity index is 3.07. The Morgan fingerprint density at radius 2 is 1.67 bits per heavy atom. The van der Waals surface area contributed by atoms with Gasteiger partial charge in [-0.05, 0) is 45.4 Å². The minimum atomic E-state index is -0.338. The number of halogens is 1. The van der Waals surface area contributed by atoms with E-state index in [1.807, 2.05) is 33.8 Å². The van der Waals surface area contributed by atoms with Crippen molar-refractivity contribution < 1.29 is 0 Å². The normalized spacial score (nSPS) is 13.0. The molecular formula is C17H23ClN2O. The highest BCUT2D eigenvalue weighted by atomic mass is 35.5. The van der Waals surface area contributed by atoms with Gasteiger partial charge in [-0.1, -0.05) is 32.4 Å². The maximum atomic E-state index is 13.1. The molecule has 2 rings (SSSR count). The molecule has 3 nitrogen and oxygen atoms in total. The van der Waals surface area contributed by atoms with Crippen molar-refractivity contribution in [1.29, 1.82) is 0 Å². The first-order chi connectivity index (χ1) is 9.44. The van der Waals surface area contributed by atoms with Gasteiger partial charge in [0, 0.05) is 16.0 Å². The fraction of sp³-hybridized carbons (Fsp3) is 0.529. The summed E-state index contributed by atoms with van der Waals surface area (Å²) in [7, 11) is 0. The van der Waals surface area contributed by atoms with Crippen LogP contribution >= 0.6 is 11.6 Å². The van der Waals surface area contributed by atoms with Crippen molar-refractivity contribution in [2.45, 2.75) is 59.4 Å². The molecule has 21 heavy (non-hydrogen) atoms. The second-order valence-corrected chi connectivity index (χ2v) is 7.97. The second kappa shape index (κ2) is 4.84. The number of fused-ring (bicyclic) bond motifs is 1. The van der Waals surface area contributed by atoms with Crippen molar-refractivity contribution in [2.24, 2.45) is 0 Å². The third-order valence-corrected chi connectivity index (χ3v) is 3.98. The van der Waals surface area contributed by atoms with E-state index in [2.05, 4.69) is 20.8 Å². The molecule has 0 saturated carbocycles. The average molecular weight is 307 g/mol. The Kier molecular flexibility index (Phi) is 3.69. The standard InChI is InChI=1S/C17H23ClN2O/c1-10-11(18)8-9-12-13(10)14(21)20(17(5,6)7)15(19-12)16(2,3)4/h8-9H,1-7H3. The fourth-order valence-electron chi connectivity index (χ4n) is 2.53. The average Bonchev–Trinajstić information content (AvgIpc) is 2.30. The van der Waals surface area contributed by atoms with Crippen LogP contribution in [0.4, 0.5) is 0 Å². The summed E-state index contributed by atoms with van der Waals surface area (Å²) in [5, 5.41) is 1.22. The molecule has 114 valence electrons. The molecule has 0 aliphatic carbocycles. The Morgan fingerprint density at radius 1 is 1.10 bits per heavy atom. The summed E-state index contributed by atoms with van der Waals surface area (Å²) in [5.41, 5.74) is 0.943. The third-order valence-electron chi connectivity index (χ3n) is 3.57. The number of hydrogen-bond acceptors (Lipinski definition) is 2. The fourth-order valence-corrected chi connectivity index (χ4v) is 2.69. The lowest BCUT2D eigenvalue weighted by Gasteiger charge is -2.31. The first-order valence-corrected chi connectivity index (χ1v) is 7.55. The van der Waals surface area contributed by atoms with Gasteiger partial charge in [-0.3, -0.25) is 9.36 Å². The van der Waals surface area contributed by atoms with E-state index in [-0.39, 0.29) is 16.5 Å². The van der Waals surface area contributed by atoms with Gasteiger partial charge in [0.15, 0.2) is 0 Å². The molecule has 2 aromatic rings. The van der Waals surface area contributed by atoms with Crippen LogP contribution in [0.3, 0.4) is 0 Å². The zero-order valence-electron chi connectivity index (χ0n) is 13.8. The van der Waals surface area contributed by atoms with Gasteiger partial charge in [0.25, 0.3) is 5.56 Å². The van der Waals surface area contributed by atoms with Crippen LogP contribution in [0.2, 0.25) is 5.02 Å². The van der Waals surface area contributed by atoms with Crippen molar-refractivity contribution in [3.63, 3.8) is 0 Å². The maximum absolute atomic E-state index is 13.1. The molecule has 0 aliphatic heterocycles. The van der Waals surface area contributed by atoms with Gasteiger partial charge in [-0.25, -0.2) is 4.98 Å². The summed E-state index contributed by atoms with van der Waals surface area (Å²) in [6, 6.07) is 3.63. The van der Waals surface area contributed by atoms with Gasteiger partial charge >= 0.3 is 0 Å². The van der Waals surface area contributed by atoms with Gasteiger partial charge in [-0.2, -0.15) is 0 Å². The monoisotopic (exact) mass is 306 g/mol. The molecule has 0 unspecified atom stereocenters. The lowest BCUT2D eigenvalue weighted by atomic mass is 9.92. The lowest BCUT2D eigenvalue weighted by molar-refractivity contribution is 0.338. The zero-order valence-corrected chi connectivity index (χ0v) is 14.6. The van der Waals surface area contributed by atoms with Crippen molar-refractivity contribution in [2.75, 3.05) is 0 Å².